The molecular weight excluding hydrogens is 388 g/mol. The molecule has 2 aromatic heterocycles. The van der Waals surface area contributed by atoms with Crippen molar-refractivity contribution in [3.63, 3.8) is 0 Å². The highest BCUT2D eigenvalue weighted by Gasteiger charge is 2.17. The fourth-order valence-electron chi connectivity index (χ4n) is 3.43. The first-order chi connectivity index (χ1) is 14.9. The summed E-state index contributed by atoms with van der Waals surface area (Å²) in [5, 5.41) is 3.58. The molecule has 6 nitrogen and oxygen atoms in total. The van der Waals surface area contributed by atoms with Crippen molar-refractivity contribution in [3.05, 3.63) is 100.0 Å². The SMILES string of the molecule is Cc1ccc(Cn2c(=O)c(C(=O)Nc3ccc(N(C)C)cc3)cc3cccnc32)cc1. The highest BCUT2D eigenvalue weighted by Crippen LogP contribution is 2.18. The summed E-state index contributed by atoms with van der Waals surface area (Å²) in [6, 6.07) is 20.7. The number of aromatic nitrogens is 2. The van der Waals surface area contributed by atoms with E-state index in [1.54, 1.807) is 22.9 Å². The van der Waals surface area contributed by atoms with E-state index in [-0.39, 0.29) is 11.1 Å². The molecule has 0 unspecified atom stereocenters. The number of amides is 1. The van der Waals surface area contributed by atoms with Crippen LogP contribution in [-0.4, -0.2) is 29.6 Å². The van der Waals surface area contributed by atoms with Crippen molar-refractivity contribution in [3.8, 4) is 0 Å². The third kappa shape index (κ3) is 4.33. The van der Waals surface area contributed by atoms with E-state index in [0.29, 0.717) is 17.9 Å². The molecule has 1 N–H and O–H groups in total. The van der Waals surface area contributed by atoms with E-state index in [1.807, 2.05) is 80.5 Å². The first kappa shape index (κ1) is 20.3. The summed E-state index contributed by atoms with van der Waals surface area (Å²) >= 11 is 0. The molecular formula is C25H24N4O2. The molecule has 6 heteroatoms. The summed E-state index contributed by atoms with van der Waals surface area (Å²) in [5.41, 5.74) is 4.05. The lowest BCUT2D eigenvalue weighted by atomic mass is 10.1. The van der Waals surface area contributed by atoms with E-state index < -0.39 is 5.91 Å². The van der Waals surface area contributed by atoms with Crippen LogP contribution >= 0.6 is 0 Å². The Bertz CT molecular complexity index is 1290. The largest absolute Gasteiger partial charge is 0.378 e. The second-order valence-electron chi connectivity index (χ2n) is 7.75. The van der Waals surface area contributed by atoms with Crippen LogP contribution in [0.4, 0.5) is 11.4 Å². The van der Waals surface area contributed by atoms with Crippen molar-refractivity contribution in [1.82, 2.24) is 9.55 Å². The molecule has 0 aliphatic rings. The van der Waals surface area contributed by atoms with Gasteiger partial charge in [0.1, 0.15) is 11.2 Å². The average molecular weight is 412 g/mol. The maximum atomic E-state index is 13.3. The molecule has 31 heavy (non-hydrogen) atoms. The van der Waals surface area contributed by atoms with E-state index in [0.717, 1.165) is 22.2 Å². The minimum Gasteiger partial charge on any atom is -0.378 e. The summed E-state index contributed by atoms with van der Waals surface area (Å²) in [6.07, 6.45) is 1.65. The van der Waals surface area contributed by atoms with E-state index in [2.05, 4.69) is 10.3 Å². The second-order valence-corrected chi connectivity index (χ2v) is 7.75. The minimum absolute atomic E-state index is 0.0873. The number of carbonyl (C=O) groups excluding carboxylic acids is 1. The van der Waals surface area contributed by atoms with Crippen LogP contribution in [0.2, 0.25) is 0 Å². The van der Waals surface area contributed by atoms with Crippen molar-refractivity contribution < 1.29 is 4.79 Å². The lowest BCUT2D eigenvalue weighted by molar-refractivity contribution is 0.102. The predicted molar refractivity (Wildman–Crippen MR) is 125 cm³/mol. The van der Waals surface area contributed by atoms with Gasteiger partial charge in [0.15, 0.2) is 0 Å². The Morgan fingerprint density at radius 3 is 2.42 bits per heavy atom. The van der Waals surface area contributed by atoms with Gasteiger partial charge in [-0.3, -0.25) is 14.2 Å². The molecule has 2 heterocycles. The predicted octanol–water partition coefficient (Wildman–Crippen LogP) is 4.07. The number of pyridine rings is 2. The van der Waals surface area contributed by atoms with Crippen molar-refractivity contribution in [2.75, 3.05) is 24.3 Å². The van der Waals surface area contributed by atoms with Gasteiger partial charge in [0.25, 0.3) is 11.5 Å². The maximum absolute atomic E-state index is 13.3. The molecule has 0 saturated heterocycles. The smallest absolute Gasteiger partial charge is 0.265 e. The molecule has 0 saturated carbocycles. The molecule has 0 bridgehead atoms. The van der Waals surface area contributed by atoms with Gasteiger partial charge in [-0.2, -0.15) is 0 Å². The molecule has 4 rings (SSSR count). The Labute approximate surface area is 180 Å². The maximum Gasteiger partial charge on any atom is 0.265 e. The molecule has 0 aliphatic heterocycles. The topological polar surface area (TPSA) is 67.2 Å². The second kappa shape index (κ2) is 8.44. The molecule has 2 aromatic carbocycles. The van der Waals surface area contributed by atoms with Crippen molar-refractivity contribution in [1.29, 1.82) is 0 Å². The molecule has 1 amide bonds. The third-order valence-corrected chi connectivity index (χ3v) is 5.20. The average Bonchev–Trinajstić information content (AvgIpc) is 2.77. The fraction of sp³-hybridized carbons (Fsp3) is 0.160. The first-order valence-electron chi connectivity index (χ1n) is 10.1. The van der Waals surface area contributed by atoms with Crippen molar-refractivity contribution in [2.45, 2.75) is 13.5 Å². The quantitative estimate of drug-likeness (QED) is 0.537. The Kier molecular flexibility index (Phi) is 5.54. The number of benzene rings is 2. The standard InChI is InChI=1S/C25H24N4O2/c1-17-6-8-18(9-7-17)16-29-23-19(5-4-14-26-23)15-22(25(29)31)24(30)27-20-10-12-21(13-11-20)28(2)3/h4-15H,16H2,1-3H3,(H,27,30). The van der Waals surface area contributed by atoms with Crippen LogP contribution in [-0.2, 0) is 6.54 Å². The Balaban J connectivity index is 1.72. The molecule has 0 fully saturated rings. The Hall–Kier alpha value is -3.93. The zero-order valence-electron chi connectivity index (χ0n) is 17.8. The number of nitrogens with one attached hydrogen (secondary N) is 1. The first-order valence-corrected chi connectivity index (χ1v) is 10.1. The van der Waals surface area contributed by atoms with Gasteiger partial charge in [0, 0.05) is 37.1 Å². The highest BCUT2D eigenvalue weighted by atomic mass is 16.2. The van der Waals surface area contributed by atoms with Crippen LogP contribution in [0.3, 0.4) is 0 Å². The van der Waals surface area contributed by atoms with Crippen LogP contribution in [0, 0.1) is 6.92 Å². The normalized spacial score (nSPS) is 10.8. The number of carbonyl (C=O) groups is 1. The number of nitrogens with zero attached hydrogens (tertiary/aromatic N) is 3. The van der Waals surface area contributed by atoms with Crippen LogP contribution in [0.5, 0.6) is 0 Å². The van der Waals surface area contributed by atoms with Gasteiger partial charge < -0.3 is 10.2 Å². The number of hydrogen-bond acceptors (Lipinski definition) is 4. The van der Waals surface area contributed by atoms with Gasteiger partial charge in [-0.15, -0.1) is 0 Å². The molecule has 0 radical (unpaired) electrons. The Morgan fingerprint density at radius 1 is 1.03 bits per heavy atom. The van der Waals surface area contributed by atoms with Crippen molar-refractivity contribution in [2.24, 2.45) is 0 Å². The lowest BCUT2D eigenvalue weighted by Crippen LogP contribution is -2.30. The monoisotopic (exact) mass is 412 g/mol. The lowest BCUT2D eigenvalue weighted by Gasteiger charge is -2.14. The van der Waals surface area contributed by atoms with E-state index in [9.17, 15) is 9.59 Å². The summed E-state index contributed by atoms with van der Waals surface area (Å²) in [4.78, 5) is 32.6. The number of rotatable bonds is 5. The zero-order valence-corrected chi connectivity index (χ0v) is 17.8. The van der Waals surface area contributed by atoms with Gasteiger partial charge in [0.2, 0.25) is 0 Å². The summed E-state index contributed by atoms with van der Waals surface area (Å²) in [6.45, 7) is 2.36. The van der Waals surface area contributed by atoms with Gasteiger partial charge in [0.05, 0.1) is 6.54 Å². The molecule has 156 valence electrons. The van der Waals surface area contributed by atoms with E-state index in [1.165, 1.54) is 0 Å². The van der Waals surface area contributed by atoms with Crippen LogP contribution < -0.4 is 15.8 Å². The third-order valence-electron chi connectivity index (χ3n) is 5.20. The van der Waals surface area contributed by atoms with E-state index >= 15 is 0 Å². The van der Waals surface area contributed by atoms with Gasteiger partial charge in [-0.05, 0) is 55.0 Å². The summed E-state index contributed by atoms with van der Waals surface area (Å²) in [7, 11) is 3.90. The number of hydrogen-bond donors (Lipinski definition) is 1. The zero-order chi connectivity index (χ0) is 22.0. The minimum atomic E-state index is -0.439. The Morgan fingerprint density at radius 2 is 1.74 bits per heavy atom. The van der Waals surface area contributed by atoms with Crippen LogP contribution in [0.15, 0.2) is 77.7 Å². The summed E-state index contributed by atoms with van der Waals surface area (Å²) in [5.74, 6) is -0.439. The van der Waals surface area contributed by atoms with Gasteiger partial charge in [-0.1, -0.05) is 29.8 Å². The number of anilines is 2. The molecule has 0 atom stereocenters. The van der Waals surface area contributed by atoms with E-state index in [4.69, 9.17) is 0 Å². The molecule has 4 aromatic rings. The highest BCUT2D eigenvalue weighted by molar-refractivity contribution is 6.05. The van der Waals surface area contributed by atoms with Crippen LogP contribution in [0.1, 0.15) is 21.5 Å². The molecule has 0 spiro atoms. The number of fused-ring (bicyclic) bond motifs is 1. The fourth-order valence-corrected chi connectivity index (χ4v) is 3.43. The molecule has 0 aliphatic carbocycles. The summed E-state index contributed by atoms with van der Waals surface area (Å²) < 4.78 is 1.56. The van der Waals surface area contributed by atoms with Gasteiger partial charge in [-0.25, -0.2) is 4.98 Å². The number of aryl methyl sites for hydroxylation is 1. The van der Waals surface area contributed by atoms with Crippen LogP contribution in [0.25, 0.3) is 11.0 Å². The van der Waals surface area contributed by atoms with Gasteiger partial charge >= 0.3 is 0 Å². The van der Waals surface area contributed by atoms with Crippen molar-refractivity contribution >= 4 is 28.3 Å².